The first-order valence-electron chi connectivity index (χ1n) is 4.96. The Labute approximate surface area is 92.2 Å². The van der Waals surface area contributed by atoms with Gasteiger partial charge in [-0.15, -0.1) is 0 Å². The minimum atomic E-state index is -1.39. The number of aliphatic carboxylic acids is 1. The highest BCUT2D eigenvalue weighted by Crippen LogP contribution is 2.31. The molecule has 86 valence electrons. The van der Waals surface area contributed by atoms with Crippen molar-refractivity contribution in [1.82, 2.24) is 0 Å². The molecule has 1 aliphatic heterocycles. The van der Waals surface area contributed by atoms with Gasteiger partial charge in [0.2, 0.25) is 0 Å². The van der Waals surface area contributed by atoms with E-state index in [1.54, 1.807) is 18.2 Å². The van der Waals surface area contributed by atoms with Gasteiger partial charge in [-0.2, -0.15) is 0 Å². The molecular weight excluding hydrogens is 212 g/mol. The second-order valence-electron chi connectivity index (χ2n) is 3.54. The van der Waals surface area contributed by atoms with Gasteiger partial charge in [-0.25, -0.2) is 4.79 Å². The van der Waals surface area contributed by atoms with Crippen molar-refractivity contribution in [2.45, 2.75) is 12.5 Å². The molecule has 0 saturated heterocycles. The zero-order valence-corrected chi connectivity index (χ0v) is 8.55. The minimum absolute atomic E-state index is 0.0615. The van der Waals surface area contributed by atoms with Gasteiger partial charge in [0, 0.05) is 6.42 Å². The Morgan fingerprint density at radius 2 is 2.00 bits per heavy atom. The van der Waals surface area contributed by atoms with E-state index in [9.17, 15) is 9.90 Å². The van der Waals surface area contributed by atoms with Crippen LogP contribution in [0.15, 0.2) is 18.2 Å². The summed E-state index contributed by atoms with van der Waals surface area (Å²) in [6.45, 7) is 1.00. The smallest absolute Gasteiger partial charge is 0.332 e. The van der Waals surface area contributed by atoms with E-state index in [-0.39, 0.29) is 6.42 Å². The van der Waals surface area contributed by atoms with Gasteiger partial charge in [0.1, 0.15) is 13.2 Å². The lowest BCUT2D eigenvalue weighted by Gasteiger charge is -2.19. The van der Waals surface area contributed by atoms with Crippen molar-refractivity contribution in [3.05, 3.63) is 23.8 Å². The lowest BCUT2D eigenvalue weighted by atomic mass is 10.1. The molecule has 5 nitrogen and oxygen atoms in total. The van der Waals surface area contributed by atoms with E-state index >= 15 is 0 Å². The number of hydrogen-bond donors (Lipinski definition) is 2. The third-order valence-electron chi connectivity index (χ3n) is 2.32. The summed E-state index contributed by atoms with van der Waals surface area (Å²) in [5.74, 6) is 0.0241. The Morgan fingerprint density at radius 3 is 2.69 bits per heavy atom. The average Bonchev–Trinajstić information content (AvgIpc) is 2.28. The quantitative estimate of drug-likeness (QED) is 0.779. The number of rotatable bonds is 3. The van der Waals surface area contributed by atoms with Gasteiger partial charge in [-0.05, 0) is 17.7 Å². The molecule has 1 aromatic rings. The summed E-state index contributed by atoms with van der Waals surface area (Å²) in [6, 6.07) is 5.14. The van der Waals surface area contributed by atoms with Crippen molar-refractivity contribution in [3.63, 3.8) is 0 Å². The maximum absolute atomic E-state index is 10.5. The number of aliphatic hydroxyl groups excluding tert-OH is 1. The molecule has 0 aliphatic carbocycles. The standard InChI is InChI=1S/C11H12O5/c12-8(11(13)14)5-7-1-2-9-10(6-7)16-4-3-15-9/h1-2,6,8,12H,3-5H2,(H,13,14). The molecule has 0 bridgehead atoms. The summed E-state index contributed by atoms with van der Waals surface area (Å²) in [6.07, 6.45) is -1.33. The second kappa shape index (κ2) is 4.40. The maximum atomic E-state index is 10.5. The van der Waals surface area contributed by atoms with Gasteiger partial charge in [0.25, 0.3) is 0 Å². The molecule has 2 rings (SSSR count). The molecule has 2 N–H and O–H groups in total. The Morgan fingerprint density at radius 1 is 1.31 bits per heavy atom. The van der Waals surface area contributed by atoms with Crippen LogP contribution < -0.4 is 9.47 Å². The molecular formula is C11H12O5. The normalized spacial score (nSPS) is 15.6. The average molecular weight is 224 g/mol. The monoisotopic (exact) mass is 224 g/mol. The summed E-state index contributed by atoms with van der Waals surface area (Å²) in [4.78, 5) is 10.5. The molecule has 0 radical (unpaired) electrons. The third kappa shape index (κ3) is 2.25. The van der Waals surface area contributed by atoms with Crippen LogP contribution in [0.25, 0.3) is 0 Å². The number of benzene rings is 1. The van der Waals surface area contributed by atoms with Crippen LogP contribution in [0.5, 0.6) is 11.5 Å². The maximum Gasteiger partial charge on any atom is 0.332 e. The predicted molar refractivity (Wildman–Crippen MR) is 54.8 cm³/mol. The van der Waals surface area contributed by atoms with Crippen LogP contribution in [0, 0.1) is 0 Å². The summed E-state index contributed by atoms with van der Waals surface area (Å²) in [7, 11) is 0. The first-order valence-corrected chi connectivity index (χ1v) is 4.96. The zero-order chi connectivity index (χ0) is 11.5. The van der Waals surface area contributed by atoms with Crippen molar-refractivity contribution in [3.8, 4) is 11.5 Å². The topological polar surface area (TPSA) is 76.0 Å². The largest absolute Gasteiger partial charge is 0.486 e. The minimum Gasteiger partial charge on any atom is -0.486 e. The molecule has 1 aliphatic rings. The summed E-state index contributed by atoms with van der Waals surface area (Å²) < 4.78 is 10.7. The van der Waals surface area contributed by atoms with E-state index in [4.69, 9.17) is 14.6 Å². The van der Waals surface area contributed by atoms with E-state index < -0.39 is 12.1 Å². The lowest BCUT2D eigenvalue weighted by molar-refractivity contribution is -0.146. The fraction of sp³-hybridized carbons (Fsp3) is 0.364. The molecule has 0 saturated carbocycles. The van der Waals surface area contributed by atoms with Gasteiger partial charge in [0.05, 0.1) is 0 Å². The van der Waals surface area contributed by atoms with Crippen molar-refractivity contribution in [2.24, 2.45) is 0 Å². The number of aliphatic hydroxyl groups is 1. The van der Waals surface area contributed by atoms with Crippen LogP contribution in [0.2, 0.25) is 0 Å². The molecule has 0 fully saturated rings. The number of hydrogen-bond acceptors (Lipinski definition) is 4. The van der Waals surface area contributed by atoms with Crippen molar-refractivity contribution >= 4 is 5.97 Å². The van der Waals surface area contributed by atoms with Gasteiger partial charge >= 0.3 is 5.97 Å². The number of carboxylic acids is 1. The fourth-order valence-electron chi connectivity index (χ4n) is 1.53. The zero-order valence-electron chi connectivity index (χ0n) is 8.55. The van der Waals surface area contributed by atoms with Crippen LogP contribution in [0.3, 0.4) is 0 Å². The molecule has 5 heteroatoms. The molecule has 1 heterocycles. The third-order valence-corrected chi connectivity index (χ3v) is 2.32. The second-order valence-corrected chi connectivity index (χ2v) is 3.54. The van der Waals surface area contributed by atoms with Gasteiger partial charge in [-0.1, -0.05) is 6.07 Å². The fourth-order valence-corrected chi connectivity index (χ4v) is 1.53. The number of fused-ring (bicyclic) bond motifs is 1. The summed E-state index contributed by atoms with van der Waals surface area (Å²) in [5.41, 5.74) is 0.708. The Hall–Kier alpha value is -1.75. The van der Waals surface area contributed by atoms with Gasteiger partial charge in [0.15, 0.2) is 17.6 Å². The van der Waals surface area contributed by atoms with Crippen LogP contribution in [0.1, 0.15) is 5.56 Å². The number of carboxylic acid groups (broad SMARTS) is 1. The SMILES string of the molecule is O=C(O)C(O)Cc1ccc2c(c1)OCCO2. The molecule has 1 atom stereocenters. The Bertz CT molecular complexity index is 401. The van der Waals surface area contributed by atoms with Gasteiger partial charge in [-0.3, -0.25) is 0 Å². The van der Waals surface area contributed by atoms with E-state index in [0.717, 1.165) is 0 Å². The van der Waals surface area contributed by atoms with E-state index in [2.05, 4.69) is 0 Å². The Balaban J connectivity index is 2.14. The first-order chi connectivity index (χ1) is 7.66. The molecule has 16 heavy (non-hydrogen) atoms. The van der Waals surface area contributed by atoms with E-state index in [1.165, 1.54) is 0 Å². The van der Waals surface area contributed by atoms with Crippen LogP contribution in [-0.4, -0.2) is 35.5 Å². The first kappa shape index (κ1) is 10.8. The van der Waals surface area contributed by atoms with Crippen LogP contribution in [0.4, 0.5) is 0 Å². The lowest BCUT2D eigenvalue weighted by Crippen LogP contribution is -2.22. The van der Waals surface area contributed by atoms with E-state index in [1.807, 2.05) is 0 Å². The number of ether oxygens (including phenoxy) is 2. The molecule has 1 aromatic carbocycles. The van der Waals surface area contributed by atoms with E-state index in [0.29, 0.717) is 30.3 Å². The Kier molecular flexibility index (Phi) is 2.96. The summed E-state index contributed by atoms with van der Waals surface area (Å²) >= 11 is 0. The van der Waals surface area contributed by atoms with Crippen LogP contribution in [-0.2, 0) is 11.2 Å². The highest BCUT2D eigenvalue weighted by Gasteiger charge is 2.16. The van der Waals surface area contributed by atoms with Crippen LogP contribution >= 0.6 is 0 Å². The van der Waals surface area contributed by atoms with Crippen molar-refractivity contribution < 1.29 is 24.5 Å². The number of carbonyl (C=O) groups is 1. The molecule has 0 aromatic heterocycles. The highest BCUT2D eigenvalue weighted by atomic mass is 16.6. The van der Waals surface area contributed by atoms with Gasteiger partial charge < -0.3 is 19.7 Å². The van der Waals surface area contributed by atoms with Crippen molar-refractivity contribution in [1.29, 1.82) is 0 Å². The summed E-state index contributed by atoms with van der Waals surface area (Å²) in [5, 5.41) is 17.8. The van der Waals surface area contributed by atoms with Crippen molar-refractivity contribution in [2.75, 3.05) is 13.2 Å². The molecule has 1 unspecified atom stereocenters. The predicted octanol–water partition coefficient (Wildman–Crippen LogP) is 0.446. The highest BCUT2D eigenvalue weighted by molar-refractivity contribution is 5.72. The molecule has 0 amide bonds. The molecule has 0 spiro atoms.